The van der Waals surface area contributed by atoms with E-state index in [1.165, 1.54) is 11.1 Å². The maximum absolute atomic E-state index is 13.3. The van der Waals surface area contributed by atoms with E-state index >= 15 is 0 Å². The first-order valence-electron chi connectivity index (χ1n) is 10.3. The van der Waals surface area contributed by atoms with Crippen molar-refractivity contribution in [1.82, 2.24) is 14.5 Å². The average molecular weight is 435 g/mol. The summed E-state index contributed by atoms with van der Waals surface area (Å²) in [5, 5.41) is 0.757. The van der Waals surface area contributed by atoms with E-state index in [9.17, 15) is 4.79 Å². The third-order valence-corrected chi connectivity index (χ3v) is 6.44. The van der Waals surface area contributed by atoms with Gasteiger partial charge in [-0.15, -0.1) is 0 Å². The number of methoxy groups -OCH3 is 1. The first-order chi connectivity index (χ1) is 15.0. The number of benzene rings is 2. The Kier molecular flexibility index (Phi) is 6.32. The van der Waals surface area contributed by atoms with Crippen molar-refractivity contribution in [1.29, 1.82) is 0 Å². The highest BCUT2D eigenvalue weighted by atomic mass is 32.1. The highest BCUT2D eigenvalue weighted by Crippen LogP contribution is 2.32. The molecule has 0 saturated carbocycles. The molecule has 31 heavy (non-hydrogen) atoms. The van der Waals surface area contributed by atoms with Gasteiger partial charge in [-0.1, -0.05) is 29.5 Å². The number of imidazole rings is 1. The van der Waals surface area contributed by atoms with Crippen LogP contribution in [0.15, 0.2) is 55.1 Å². The van der Waals surface area contributed by atoms with Gasteiger partial charge in [-0.25, -0.2) is 9.97 Å². The molecule has 0 N–H and O–H groups in total. The second kappa shape index (κ2) is 9.31. The van der Waals surface area contributed by atoms with Crippen LogP contribution in [0.2, 0.25) is 0 Å². The van der Waals surface area contributed by atoms with Crippen LogP contribution in [0.4, 0.5) is 5.13 Å². The third kappa shape index (κ3) is 4.94. The zero-order valence-electron chi connectivity index (χ0n) is 18.0. The first kappa shape index (κ1) is 21.1. The number of hydrogen-bond acceptors (Lipinski definition) is 5. The van der Waals surface area contributed by atoms with Gasteiger partial charge in [-0.05, 0) is 55.2 Å². The van der Waals surface area contributed by atoms with Gasteiger partial charge in [0.1, 0.15) is 5.75 Å². The standard InChI is InChI=1S/C24H26N4O2S/c1-17-13-18(2)23-21(14-17)26-24(31-23)28(11-4-10-27-12-9-25-16-27)22(29)15-19-5-7-20(30-3)8-6-19/h5-9,12-14,16H,4,10-11,15H2,1-3H3. The van der Waals surface area contributed by atoms with Crippen molar-refractivity contribution < 1.29 is 9.53 Å². The summed E-state index contributed by atoms with van der Waals surface area (Å²) < 4.78 is 8.39. The summed E-state index contributed by atoms with van der Waals surface area (Å²) in [6.07, 6.45) is 6.65. The Morgan fingerprint density at radius 3 is 2.71 bits per heavy atom. The lowest BCUT2D eigenvalue weighted by Crippen LogP contribution is -2.33. The maximum atomic E-state index is 13.3. The molecule has 0 spiro atoms. The Balaban J connectivity index is 1.58. The Morgan fingerprint density at radius 2 is 2.00 bits per heavy atom. The minimum Gasteiger partial charge on any atom is -0.497 e. The van der Waals surface area contributed by atoms with Crippen molar-refractivity contribution in [3.63, 3.8) is 0 Å². The van der Waals surface area contributed by atoms with Crippen LogP contribution in [0.25, 0.3) is 10.2 Å². The predicted octanol–water partition coefficient (Wildman–Crippen LogP) is 4.78. The first-order valence-corrected chi connectivity index (χ1v) is 11.1. The van der Waals surface area contributed by atoms with Crippen LogP contribution < -0.4 is 9.64 Å². The molecule has 0 saturated heterocycles. The summed E-state index contributed by atoms with van der Waals surface area (Å²) in [6.45, 7) is 5.57. The van der Waals surface area contributed by atoms with Gasteiger partial charge in [0.05, 0.1) is 30.1 Å². The van der Waals surface area contributed by atoms with Crippen LogP contribution >= 0.6 is 11.3 Å². The van der Waals surface area contributed by atoms with Crippen LogP contribution in [0.3, 0.4) is 0 Å². The van der Waals surface area contributed by atoms with Gasteiger partial charge in [0.2, 0.25) is 5.91 Å². The molecular weight excluding hydrogens is 408 g/mol. The second-order valence-corrected chi connectivity index (χ2v) is 8.63. The molecule has 0 radical (unpaired) electrons. The zero-order valence-corrected chi connectivity index (χ0v) is 18.9. The summed E-state index contributed by atoms with van der Waals surface area (Å²) >= 11 is 1.59. The summed E-state index contributed by atoms with van der Waals surface area (Å²) in [7, 11) is 1.64. The van der Waals surface area contributed by atoms with Gasteiger partial charge >= 0.3 is 0 Å². The molecule has 2 heterocycles. The number of thiazole rings is 1. The van der Waals surface area contributed by atoms with Gasteiger partial charge in [0.25, 0.3) is 0 Å². The monoisotopic (exact) mass is 434 g/mol. The van der Waals surface area contributed by atoms with Crippen LogP contribution in [0.1, 0.15) is 23.1 Å². The normalized spacial score (nSPS) is 11.1. The van der Waals surface area contributed by atoms with Gasteiger partial charge in [-0.3, -0.25) is 9.69 Å². The fourth-order valence-corrected chi connectivity index (χ4v) is 4.71. The molecule has 0 aliphatic heterocycles. The fourth-order valence-electron chi connectivity index (χ4n) is 3.65. The molecule has 1 amide bonds. The van der Waals surface area contributed by atoms with E-state index < -0.39 is 0 Å². The molecule has 0 fully saturated rings. The average Bonchev–Trinajstić information content (AvgIpc) is 3.41. The molecule has 0 aliphatic rings. The van der Waals surface area contributed by atoms with Crippen molar-refractivity contribution in [2.75, 3.05) is 18.6 Å². The van der Waals surface area contributed by atoms with E-state index in [0.29, 0.717) is 13.0 Å². The molecule has 0 unspecified atom stereocenters. The summed E-state index contributed by atoms with van der Waals surface area (Å²) in [5.41, 5.74) is 4.28. The molecule has 7 heteroatoms. The van der Waals surface area contributed by atoms with E-state index in [2.05, 4.69) is 31.0 Å². The smallest absolute Gasteiger partial charge is 0.233 e. The van der Waals surface area contributed by atoms with E-state index in [1.807, 2.05) is 39.9 Å². The van der Waals surface area contributed by atoms with E-state index in [0.717, 1.165) is 39.6 Å². The van der Waals surface area contributed by atoms with E-state index in [1.54, 1.807) is 31.0 Å². The second-order valence-electron chi connectivity index (χ2n) is 7.65. The Bertz CT molecular complexity index is 1170. The number of anilines is 1. The van der Waals surface area contributed by atoms with Gasteiger partial charge in [0, 0.05) is 25.5 Å². The summed E-state index contributed by atoms with van der Waals surface area (Å²) in [6, 6.07) is 11.9. The number of nitrogens with zero attached hydrogens (tertiary/aromatic N) is 4. The molecule has 2 aromatic heterocycles. The SMILES string of the molecule is COc1ccc(CC(=O)N(CCCn2ccnc2)c2nc3cc(C)cc(C)c3s2)cc1. The lowest BCUT2D eigenvalue weighted by Gasteiger charge is -2.20. The van der Waals surface area contributed by atoms with E-state index in [-0.39, 0.29) is 5.91 Å². The number of ether oxygens (including phenoxy) is 1. The highest BCUT2D eigenvalue weighted by Gasteiger charge is 2.20. The molecular formula is C24H26N4O2S. The molecule has 4 aromatic rings. The molecule has 0 aliphatic carbocycles. The summed E-state index contributed by atoms with van der Waals surface area (Å²) in [5.74, 6) is 0.828. The lowest BCUT2D eigenvalue weighted by atomic mass is 10.1. The number of carbonyl (C=O) groups is 1. The third-order valence-electron chi connectivity index (χ3n) is 5.21. The number of fused-ring (bicyclic) bond motifs is 1. The lowest BCUT2D eigenvalue weighted by molar-refractivity contribution is -0.118. The Labute approximate surface area is 186 Å². The van der Waals surface area contributed by atoms with Gasteiger partial charge in [-0.2, -0.15) is 0 Å². The van der Waals surface area contributed by atoms with Crippen LogP contribution in [-0.4, -0.2) is 34.1 Å². The van der Waals surface area contributed by atoms with Crippen molar-refractivity contribution in [3.05, 3.63) is 71.8 Å². The quantitative estimate of drug-likeness (QED) is 0.400. The number of amides is 1. The predicted molar refractivity (Wildman–Crippen MR) is 125 cm³/mol. The number of rotatable bonds is 8. The molecule has 0 atom stereocenters. The molecule has 6 nitrogen and oxygen atoms in total. The van der Waals surface area contributed by atoms with Crippen molar-refractivity contribution >= 4 is 32.6 Å². The van der Waals surface area contributed by atoms with E-state index in [4.69, 9.17) is 9.72 Å². The van der Waals surface area contributed by atoms with Crippen LogP contribution in [0, 0.1) is 13.8 Å². The topological polar surface area (TPSA) is 60.2 Å². The zero-order chi connectivity index (χ0) is 21.8. The largest absolute Gasteiger partial charge is 0.497 e. The highest BCUT2D eigenvalue weighted by molar-refractivity contribution is 7.22. The minimum absolute atomic E-state index is 0.0456. The molecule has 160 valence electrons. The minimum atomic E-state index is 0.0456. The Hall–Kier alpha value is -3.19. The number of aromatic nitrogens is 3. The number of hydrogen-bond donors (Lipinski definition) is 0. The number of aryl methyl sites for hydroxylation is 3. The fraction of sp³-hybridized carbons (Fsp3) is 0.292. The van der Waals surface area contributed by atoms with Crippen LogP contribution in [0.5, 0.6) is 5.75 Å². The number of carbonyl (C=O) groups excluding carboxylic acids is 1. The summed E-state index contributed by atoms with van der Waals surface area (Å²) in [4.78, 5) is 24.1. The van der Waals surface area contributed by atoms with Gasteiger partial charge < -0.3 is 9.30 Å². The van der Waals surface area contributed by atoms with Gasteiger partial charge in [0.15, 0.2) is 5.13 Å². The molecule has 4 rings (SSSR count). The molecule has 2 aromatic carbocycles. The maximum Gasteiger partial charge on any atom is 0.233 e. The van der Waals surface area contributed by atoms with Crippen molar-refractivity contribution in [2.45, 2.75) is 33.2 Å². The van der Waals surface area contributed by atoms with Crippen LogP contribution in [-0.2, 0) is 17.8 Å². The Morgan fingerprint density at radius 1 is 1.19 bits per heavy atom. The van der Waals surface area contributed by atoms with Crippen molar-refractivity contribution in [3.8, 4) is 5.75 Å². The molecule has 0 bridgehead atoms. The van der Waals surface area contributed by atoms with Crippen molar-refractivity contribution in [2.24, 2.45) is 0 Å².